The lowest BCUT2D eigenvalue weighted by atomic mass is 10.3. The number of thioether (sulfide) groups is 1. The van der Waals surface area contributed by atoms with Gasteiger partial charge in [-0.3, -0.25) is 4.79 Å². The Balaban J connectivity index is 2.54. The van der Waals surface area contributed by atoms with E-state index >= 15 is 0 Å². The van der Waals surface area contributed by atoms with Gasteiger partial charge in [0.2, 0.25) is 0 Å². The zero-order valence-corrected chi connectivity index (χ0v) is 9.21. The van der Waals surface area contributed by atoms with Crippen LogP contribution in [-0.4, -0.2) is 18.1 Å². The summed E-state index contributed by atoms with van der Waals surface area (Å²) in [5, 5.41) is 0.580. The Kier molecular flexibility index (Phi) is 4.53. The van der Waals surface area contributed by atoms with Crippen LogP contribution in [0.2, 0.25) is 0 Å². The zero-order valence-electron chi connectivity index (χ0n) is 8.40. The first kappa shape index (κ1) is 11.1. The molecule has 0 fully saturated rings. The van der Waals surface area contributed by atoms with Gasteiger partial charge in [0.15, 0.2) is 6.29 Å². The highest BCUT2D eigenvalue weighted by Gasteiger charge is 1.98. The molecule has 1 rings (SSSR count). The number of carbonyl (C=O) groups excluding carboxylic acids is 1. The van der Waals surface area contributed by atoms with Crippen LogP contribution in [0.5, 0.6) is 5.75 Å². The molecule has 0 amide bonds. The fraction of sp³-hybridized carbons (Fsp3) is 0.364. The molecule has 0 N–H and O–H groups in total. The Hall–Kier alpha value is -0.960. The van der Waals surface area contributed by atoms with Gasteiger partial charge < -0.3 is 4.74 Å². The van der Waals surface area contributed by atoms with Gasteiger partial charge in [0.05, 0.1) is 0 Å². The van der Waals surface area contributed by atoms with Crippen LogP contribution >= 0.6 is 11.8 Å². The van der Waals surface area contributed by atoms with E-state index in [-0.39, 0.29) is 6.61 Å². The van der Waals surface area contributed by atoms with Gasteiger partial charge in [0, 0.05) is 10.1 Å². The highest BCUT2D eigenvalue weighted by atomic mass is 32.2. The van der Waals surface area contributed by atoms with Gasteiger partial charge in [0.1, 0.15) is 12.4 Å². The third-order valence-electron chi connectivity index (χ3n) is 1.51. The van der Waals surface area contributed by atoms with E-state index in [1.165, 1.54) is 4.90 Å². The fourth-order valence-corrected chi connectivity index (χ4v) is 1.85. The van der Waals surface area contributed by atoms with Gasteiger partial charge in [-0.2, -0.15) is 0 Å². The molecule has 0 aliphatic carbocycles. The summed E-state index contributed by atoms with van der Waals surface area (Å²) in [6, 6.07) is 7.78. The minimum Gasteiger partial charge on any atom is -0.486 e. The minimum atomic E-state index is 0.122. The summed E-state index contributed by atoms with van der Waals surface area (Å²) in [6.45, 7) is 4.43. The Bertz CT molecular complexity index is 280. The standard InChI is InChI=1S/C11H14O2S/c1-9(2)14-11-5-3-10(4-6-11)13-8-7-12/h3-7,9H,8H2,1-2H3. The zero-order chi connectivity index (χ0) is 10.4. The van der Waals surface area contributed by atoms with E-state index in [4.69, 9.17) is 4.74 Å². The third-order valence-corrected chi connectivity index (χ3v) is 2.53. The first-order chi connectivity index (χ1) is 6.72. The van der Waals surface area contributed by atoms with Crippen molar-refractivity contribution >= 4 is 18.0 Å². The lowest BCUT2D eigenvalue weighted by Crippen LogP contribution is -1.97. The minimum absolute atomic E-state index is 0.122. The summed E-state index contributed by atoms with van der Waals surface area (Å²) in [7, 11) is 0. The van der Waals surface area contributed by atoms with Crippen LogP contribution in [0.3, 0.4) is 0 Å². The highest BCUT2D eigenvalue weighted by Crippen LogP contribution is 2.24. The molecular formula is C11H14O2S. The topological polar surface area (TPSA) is 26.3 Å². The first-order valence-corrected chi connectivity index (χ1v) is 5.43. The van der Waals surface area contributed by atoms with Crippen LogP contribution in [0, 0.1) is 0 Å². The van der Waals surface area contributed by atoms with E-state index < -0.39 is 0 Å². The van der Waals surface area contributed by atoms with E-state index in [0.29, 0.717) is 5.25 Å². The van der Waals surface area contributed by atoms with Gasteiger partial charge in [-0.25, -0.2) is 0 Å². The van der Waals surface area contributed by atoms with Gasteiger partial charge in [-0.1, -0.05) is 13.8 Å². The molecule has 0 spiro atoms. The normalized spacial score (nSPS) is 10.2. The largest absolute Gasteiger partial charge is 0.486 e. The molecule has 0 saturated heterocycles. The molecule has 3 heteroatoms. The predicted molar refractivity (Wildman–Crippen MR) is 59.0 cm³/mol. The van der Waals surface area contributed by atoms with Gasteiger partial charge in [-0.05, 0) is 24.3 Å². The molecule has 0 saturated carbocycles. The van der Waals surface area contributed by atoms with Crippen LogP contribution in [0.1, 0.15) is 13.8 Å². The van der Waals surface area contributed by atoms with Crippen LogP contribution in [0.25, 0.3) is 0 Å². The van der Waals surface area contributed by atoms with Crippen molar-refractivity contribution in [3.63, 3.8) is 0 Å². The number of hydrogen-bond acceptors (Lipinski definition) is 3. The Morgan fingerprint density at radius 1 is 1.36 bits per heavy atom. The van der Waals surface area contributed by atoms with Gasteiger partial charge in [-0.15, -0.1) is 11.8 Å². The molecule has 2 nitrogen and oxygen atoms in total. The quantitative estimate of drug-likeness (QED) is 0.552. The summed E-state index contributed by atoms with van der Waals surface area (Å²) in [5.74, 6) is 0.741. The molecule has 1 aromatic rings. The average Bonchev–Trinajstić information content (AvgIpc) is 2.16. The van der Waals surface area contributed by atoms with E-state index in [2.05, 4.69) is 13.8 Å². The second-order valence-electron chi connectivity index (χ2n) is 3.12. The first-order valence-electron chi connectivity index (χ1n) is 4.55. The molecule has 0 bridgehead atoms. The van der Waals surface area contributed by atoms with E-state index in [9.17, 15) is 4.79 Å². The van der Waals surface area contributed by atoms with Crippen molar-refractivity contribution in [3.05, 3.63) is 24.3 Å². The molecule has 14 heavy (non-hydrogen) atoms. The second-order valence-corrected chi connectivity index (χ2v) is 4.77. The number of benzene rings is 1. The van der Waals surface area contributed by atoms with Crippen LogP contribution in [-0.2, 0) is 4.79 Å². The number of aldehydes is 1. The predicted octanol–water partition coefficient (Wildman–Crippen LogP) is 2.76. The SMILES string of the molecule is CC(C)Sc1ccc(OCC=O)cc1. The second kappa shape index (κ2) is 5.70. The number of carbonyl (C=O) groups is 1. The maximum Gasteiger partial charge on any atom is 0.157 e. The lowest BCUT2D eigenvalue weighted by molar-refractivity contribution is -0.109. The molecule has 76 valence electrons. The van der Waals surface area contributed by atoms with Crippen LogP contribution in [0.4, 0.5) is 0 Å². The molecule has 0 aliphatic rings. The molecular weight excluding hydrogens is 196 g/mol. The van der Waals surface area contributed by atoms with Crippen molar-refractivity contribution < 1.29 is 9.53 Å². The number of ether oxygens (including phenoxy) is 1. The van der Waals surface area contributed by atoms with Crippen molar-refractivity contribution in [2.75, 3.05) is 6.61 Å². The number of rotatable bonds is 5. The summed E-state index contributed by atoms with van der Waals surface area (Å²) in [5.41, 5.74) is 0. The van der Waals surface area contributed by atoms with Crippen molar-refractivity contribution in [1.29, 1.82) is 0 Å². The molecule has 0 unspecified atom stereocenters. The van der Waals surface area contributed by atoms with Crippen LogP contribution in [0.15, 0.2) is 29.2 Å². The molecule has 0 radical (unpaired) electrons. The van der Waals surface area contributed by atoms with Gasteiger partial charge in [0.25, 0.3) is 0 Å². The molecule has 0 aromatic heterocycles. The maximum atomic E-state index is 10.1. The Labute approximate surface area is 88.7 Å². The van der Waals surface area contributed by atoms with E-state index in [1.54, 1.807) is 11.8 Å². The monoisotopic (exact) mass is 210 g/mol. The highest BCUT2D eigenvalue weighted by molar-refractivity contribution is 7.99. The lowest BCUT2D eigenvalue weighted by Gasteiger charge is -2.06. The molecule has 0 aliphatic heterocycles. The summed E-state index contributed by atoms with van der Waals surface area (Å²) >= 11 is 1.81. The summed E-state index contributed by atoms with van der Waals surface area (Å²) < 4.78 is 5.14. The summed E-state index contributed by atoms with van der Waals surface area (Å²) in [6.07, 6.45) is 0.747. The molecule has 0 atom stereocenters. The Morgan fingerprint density at radius 2 is 2.00 bits per heavy atom. The molecule has 1 aromatic carbocycles. The molecule has 0 heterocycles. The Morgan fingerprint density at radius 3 is 2.50 bits per heavy atom. The number of hydrogen-bond donors (Lipinski definition) is 0. The third kappa shape index (κ3) is 3.83. The average molecular weight is 210 g/mol. The van der Waals surface area contributed by atoms with Crippen molar-refractivity contribution in [2.24, 2.45) is 0 Å². The van der Waals surface area contributed by atoms with Crippen molar-refractivity contribution in [2.45, 2.75) is 24.0 Å². The van der Waals surface area contributed by atoms with E-state index in [1.807, 2.05) is 24.3 Å². The maximum absolute atomic E-state index is 10.1. The fourth-order valence-electron chi connectivity index (χ4n) is 1.02. The van der Waals surface area contributed by atoms with Crippen LogP contribution < -0.4 is 4.74 Å². The van der Waals surface area contributed by atoms with E-state index in [0.717, 1.165) is 12.0 Å². The van der Waals surface area contributed by atoms with Crippen molar-refractivity contribution in [1.82, 2.24) is 0 Å². The van der Waals surface area contributed by atoms with Crippen molar-refractivity contribution in [3.8, 4) is 5.75 Å². The summed E-state index contributed by atoms with van der Waals surface area (Å²) in [4.78, 5) is 11.3. The van der Waals surface area contributed by atoms with Gasteiger partial charge >= 0.3 is 0 Å². The smallest absolute Gasteiger partial charge is 0.157 e.